The summed E-state index contributed by atoms with van der Waals surface area (Å²) in [6.45, 7) is 9.16. The Kier molecular flexibility index (Phi) is 10.2. The summed E-state index contributed by atoms with van der Waals surface area (Å²) >= 11 is 12.4. The summed E-state index contributed by atoms with van der Waals surface area (Å²) in [6.07, 6.45) is 1.30. The Hall–Kier alpha value is -2.82. The molecule has 1 atom stereocenters. The quantitative estimate of drug-likeness (QED) is 0.302. The molecular weight excluding hydrogens is 503 g/mol. The number of aryl methyl sites for hydroxylation is 1. The van der Waals surface area contributed by atoms with Gasteiger partial charge in [-0.25, -0.2) is 0 Å². The number of likely N-dealkylation sites (N-methyl/N-ethyl adjacent to an activating group) is 1. The minimum absolute atomic E-state index is 0.0717. The molecule has 0 bridgehead atoms. The van der Waals surface area contributed by atoms with Gasteiger partial charge in [0.2, 0.25) is 11.8 Å². The second-order valence-electron chi connectivity index (χ2n) is 10.3. The Labute approximate surface area is 231 Å². The number of halogens is 2. The lowest BCUT2D eigenvalue weighted by Gasteiger charge is -2.31. The number of carbonyl (C=O) groups excluding carboxylic acids is 2. The van der Waals surface area contributed by atoms with E-state index in [0.29, 0.717) is 35.9 Å². The normalized spacial score (nSPS) is 12.2. The molecule has 3 rings (SSSR count). The van der Waals surface area contributed by atoms with Gasteiger partial charge >= 0.3 is 0 Å². The van der Waals surface area contributed by atoms with E-state index in [0.717, 1.165) is 16.7 Å². The number of rotatable bonds is 10. The van der Waals surface area contributed by atoms with Gasteiger partial charge in [0.15, 0.2) is 0 Å². The van der Waals surface area contributed by atoms with Crippen LogP contribution in [-0.4, -0.2) is 29.3 Å². The summed E-state index contributed by atoms with van der Waals surface area (Å²) in [5, 5.41) is 3.79. The topological polar surface area (TPSA) is 49.4 Å². The van der Waals surface area contributed by atoms with Crippen LogP contribution in [0.4, 0.5) is 0 Å². The molecule has 3 aromatic carbocycles. The zero-order valence-electron chi connectivity index (χ0n) is 22.1. The van der Waals surface area contributed by atoms with Crippen LogP contribution in [-0.2, 0) is 34.4 Å². The fourth-order valence-corrected chi connectivity index (χ4v) is 4.57. The standard InChI is InChI=1S/C31H36Cl2N2O2/c1-5-34-30(37)28(20-23-9-7-6-8-10-23)35(21-24-13-17-26(32)27(33)19-24)29(36)18-14-22-11-15-25(16-12-22)31(2,3)4/h6-13,15-17,19,28H,5,14,18,20-21H2,1-4H3,(H,34,37). The van der Waals surface area contributed by atoms with E-state index in [-0.39, 0.29) is 23.8 Å². The van der Waals surface area contributed by atoms with Crippen LogP contribution in [0.1, 0.15) is 56.4 Å². The van der Waals surface area contributed by atoms with E-state index in [1.54, 1.807) is 17.0 Å². The summed E-state index contributed by atoms with van der Waals surface area (Å²) in [6, 6.07) is 22.9. The number of nitrogens with zero attached hydrogens (tertiary/aromatic N) is 1. The highest BCUT2D eigenvalue weighted by Gasteiger charge is 2.30. The molecule has 4 nitrogen and oxygen atoms in total. The molecule has 3 aromatic rings. The summed E-state index contributed by atoms with van der Waals surface area (Å²) < 4.78 is 0. The lowest BCUT2D eigenvalue weighted by Crippen LogP contribution is -2.50. The number of hydrogen-bond donors (Lipinski definition) is 1. The van der Waals surface area contributed by atoms with E-state index in [1.165, 1.54) is 5.56 Å². The van der Waals surface area contributed by atoms with Gasteiger partial charge in [-0.2, -0.15) is 0 Å². The Balaban J connectivity index is 1.88. The minimum atomic E-state index is -0.660. The van der Waals surface area contributed by atoms with E-state index in [9.17, 15) is 9.59 Å². The SMILES string of the molecule is CCNC(=O)C(Cc1ccccc1)N(Cc1ccc(Cl)c(Cl)c1)C(=O)CCc1ccc(C(C)(C)C)cc1. The molecule has 0 aliphatic rings. The van der Waals surface area contributed by atoms with Crippen LogP contribution in [0.2, 0.25) is 10.0 Å². The third-order valence-corrected chi connectivity index (χ3v) is 7.15. The summed E-state index contributed by atoms with van der Waals surface area (Å²) in [7, 11) is 0. The van der Waals surface area contributed by atoms with E-state index in [1.807, 2.05) is 43.3 Å². The Bertz CT molecular complexity index is 1190. The third kappa shape index (κ3) is 8.34. The molecule has 1 N–H and O–H groups in total. The second-order valence-corrected chi connectivity index (χ2v) is 11.1. The van der Waals surface area contributed by atoms with Gasteiger partial charge in [0.1, 0.15) is 6.04 Å². The molecule has 0 aliphatic heterocycles. The second kappa shape index (κ2) is 13.1. The van der Waals surface area contributed by atoms with Crippen LogP contribution in [0.15, 0.2) is 72.8 Å². The third-order valence-electron chi connectivity index (χ3n) is 6.41. The number of hydrogen-bond acceptors (Lipinski definition) is 2. The monoisotopic (exact) mass is 538 g/mol. The Morgan fingerprint density at radius 2 is 1.51 bits per heavy atom. The highest BCUT2D eigenvalue weighted by molar-refractivity contribution is 6.42. The van der Waals surface area contributed by atoms with E-state index in [4.69, 9.17) is 23.2 Å². The summed E-state index contributed by atoms with van der Waals surface area (Å²) in [5.74, 6) is -0.257. The van der Waals surface area contributed by atoms with Crippen LogP contribution in [0.5, 0.6) is 0 Å². The van der Waals surface area contributed by atoms with Crippen LogP contribution in [0.25, 0.3) is 0 Å². The summed E-state index contributed by atoms with van der Waals surface area (Å²) in [5.41, 5.74) is 4.22. The fraction of sp³-hybridized carbons (Fsp3) is 0.355. The van der Waals surface area contributed by atoms with Crippen molar-refractivity contribution in [2.24, 2.45) is 0 Å². The number of nitrogens with one attached hydrogen (secondary N) is 1. The Morgan fingerprint density at radius 1 is 0.865 bits per heavy atom. The zero-order valence-corrected chi connectivity index (χ0v) is 23.6. The average molecular weight is 540 g/mol. The van der Waals surface area contributed by atoms with Gasteiger partial charge < -0.3 is 10.2 Å². The molecule has 0 saturated heterocycles. The molecule has 0 aliphatic carbocycles. The minimum Gasteiger partial charge on any atom is -0.355 e. The van der Waals surface area contributed by atoms with Gasteiger partial charge in [-0.3, -0.25) is 9.59 Å². The molecule has 0 heterocycles. The highest BCUT2D eigenvalue weighted by Crippen LogP contribution is 2.25. The number of amides is 2. The van der Waals surface area contributed by atoms with Gasteiger partial charge in [-0.1, -0.05) is 105 Å². The first-order valence-electron chi connectivity index (χ1n) is 12.7. The van der Waals surface area contributed by atoms with Crippen molar-refractivity contribution < 1.29 is 9.59 Å². The Morgan fingerprint density at radius 3 is 2.11 bits per heavy atom. The predicted octanol–water partition coefficient (Wildman–Crippen LogP) is 7.00. The van der Waals surface area contributed by atoms with Crippen LogP contribution >= 0.6 is 23.2 Å². The van der Waals surface area contributed by atoms with E-state index >= 15 is 0 Å². The molecule has 37 heavy (non-hydrogen) atoms. The van der Waals surface area contributed by atoms with Gasteiger partial charge in [0.05, 0.1) is 10.0 Å². The molecule has 0 fully saturated rings. The first-order chi connectivity index (χ1) is 17.6. The van der Waals surface area contributed by atoms with Crippen LogP contribution in [0, 0.1) is 0 Å². The predicted molar refractivity (Wildman–Crippen MR) is 153 cm³/mol. The molecule has 0 saturated carbocycles. The van der Waals surface area contributed by atoms with Crippen molar-refractivity contribution in [2.75, 3.05) is 6.54 Å². The van der Waals surface area contributed by atoms with Crippen molar-refractivity contribution in [3.8, 4) is 0 Å². The van der Waals surface area contributed by atoms with E-state index in [2.05, 4.69) is 50.4 Å². The van der Waals surface area contributed by atoms with Crippen molar-refractivity contribution in [3.63, 3.8) is 0 Å². The smallest absolute Gasteiger partial charge is 0.243 e. The first kappa shape index (κ1) is 28.7. The van der Waals surface area contributed by atoms with Crippen molar-refractivity contribution >= 4 is 35.0 Å². The largest absolute Gasteiger partial charge is 0.355 e. The fourth-order valence-electron chi connectivity index (χ4n) is 4.25. The average Bonchev–Trinajstić information content (AvgIpc) is 2.87. The van der Waals surface area contributed by atoms with Gasteiger partial charge in [0, 0.05) is 25.9 Å². The number of benzene rings is 3. The molecule has 0 aromatic heterocycles. The molecule has 6 heteroatoms. The maximum Gasteiger partial charge on any atom is 0.243 e. The van der Waals surface area contributed by atoms with Crippen molar-refractivity contribution in [3.05, 3.63) is 105 Å². The van der Waals surface area contributed by atoms with Gasteiger partial charge in [-0.05, 0) is 53.1 Å². The summed E-state index contributed by atoms with van der Waals surface area (Å²) in [4.78, 5) is 28.7. The number of carbonyl (C=O) groups is 2. The highest BCUT2D eigenvalue weighted by atomic mass is 35.5. The molecule has 196 valence electrons. The van der Waals surface area contributed by atoms with Gasteiger partial charge in [-0.15, -0.1) is 0 Å². The van der Waals surface area contributed by atoms with Crippen molar-refractivity contribution in [1.82, 2.24) is 10.2 Å². The first-order valence-corrected chi connectivity index (χ1v) is 13.5. The maximum absolute atomic E-state index is 13.7. The van der Waals surface area contributed by atoms with Crippen LogP contribution in [0.3, 0.4) is 0 Å². The maximum atomic E-state index is 13.7. The van der Waals surface area contributed by atoms with Gasteiger partial charge in [0.25, 0.3) is 0 Å². The zero-order chi connectivity index (χ0) is 27.0. The lowest BCUT2D eigenvalue weighted by molar-refractivity contribution is -0.141. The molecule has 0 spiro atoms. The molecule has 0 radical (unpaired) electrons. The van der Waals surface area contributed by atoms with Crippen molar-refractivity contribution in [1.29, 1.82) is 0 Å². The lowest BCUT2D eigenvalue weighted by atomic mass is 9.86. The van der Waals surface area contributed by atoms with Crippen LogP contribution < -0.4 is 5.32 Å². The molecular formula is C31H36Cl2N2O2. The van der Waals surface area contributed by atoms with E-state index < -0.39 is 6.04 Å². The molecule has 2 amide bonds. The molecule has 1 unspecified atom stereocenters. The van der Waals surface area contributed by atoms with Crippen molar-refractivity contribution in [2.45, 2.75) is 65.0 Å².